The third-order valence-electron chi connectivity index (χ3n) is 3.32. The number of benzene rings is 2. The van der Waals surface area contributed by atoms with Gasteiger partial charge in [0, 0.05) is 10.5 Å². The zero-order valence-electron chi connectivity index (χ0n) is 13.3. The topological polar surface area (TPSA) is 17.1 Å². The first-order chi connectivity index (χ1) is 12.0. The molecule has 0 spiro atoms. The van der Waals surface area contributed by atoms with Crippen LogP contribution < -0.4 is 0 Å². The lowest BCUT2D eigenvalue weighted by molar-refractivity contribution is -0.143. The molecule has 0 aliphatic carbocycles. The maximum atomic E-state index is 12.8. The van der Waals surface area contributed by atoms with Crippen LogP contribution in [0.3, 0.4) is 0 Å². The van der Waals surface area contributed by atoms with Gasteiger partial charge in [0.1, 0.15) is 0 Å². The summed E-state index contributed by atoms with van der Waals surface area (Å²) in [5.41, 5.74) is -1.47. The van der Waals surface area contributed by atoms with Crippen LogP contribution in [0.5, 0.6) is 0 Å². The summed E-state index contributed by atoms with van der Waals surface area (Å²) < 4.78 is 76.7. The van der Waals surface area contributed by atoms with E-state index in [-0.39, 0.29) is 11.0 Å². The van der Waals surface area contributed by atoms with Gasteiger partial charge in [-0.3, -0.25) is 4.79 Å². The highest BCUT2D eigenvalue weighted by Gasteiger charge is 2.36. The van der Waals surface area contributed by atoms with Crippen molar-refractivity contribution in [3.05, 3.63) is 76.2 Å². The molecule has 0 saturated heterocycles. The third-order valence-corrected chi connectivity index (χ3v) is 4.10. The Morgan fingerprint density at radius 1 is 0.885 bits per heavy atom. The van der Waals surface area contributed by atoms with Gasteiger partial charge in [-0.05, 0) is 36.6 Å². The molecular formula is C18H12F6OS. The first-order valence-electron chi connectivity index (χ1n) is 7.20. The molecule has 0 unspecified atom stereocenters. The molecule has 0 saturated carbocycles. The van der Waals surface area contributed by atoms with Crippen molar-refractivity contribution < 1.29 is 31.1 Å². The molecule has 1 nitrogen and oxygen atoms in total. The molecule has 0 radical (unpaired) electrons. The Morgan fingerprint density at radius 2 is 1.38 bits per heavy atom. The molecule has 0 atom stereocenters. The van der Waals surface area contributed by atoms with Gasteiger partial charge in [-0.15, -0.1) is 0 Å². The number of alkyl halides is 6. The summed E-state index contributed by atoms with van der Waals surface area (Å²) in [5.74, 6) is -0.402. The molecule has 0 aliphatic heterocycles. The lowest BCUT2D eigenvalue weighted by atomic mass is 10.1. The van der Waals surface area contributed by atoms with Crippen LogP contribution in [0, 0.1) is 6.92 Å². The van der Waals surface area contributed by atoms with E-state index in [0.717, 1.165) is 17.0 Å². The van der Waals surface area contributed by atoms with Gasteiger partial charge < -0.3 is 0 Å². The molecule has 2 aromatic rings. The lowest BCUT2D eigenvalue weighted by Crippen LogP contribution is -2.10. The molecular weight excluding hydrogens is 378 g/mol. The Labute approximate surface area is 149 Å². The Kier molecular flexibility index (Phi) is 5.85. The molecule has 26 heavy (non-hydrogen) atoms. The molecule has 0 aromatic heterocycles. The number of carbonyl (C=O) groups is 1. The summed E-state index contributed by atoms with van der Waals surface area (Å²) >= 11 is 0.606. The fourth-order valence-corrected chi connectivity index (χ4v) is 2.72. The van der Waals surface area contributed by atoms with Crippen molar-refractivity contribution in [2.75, 3.05) is 0 Å². The quantitative estimate of drug-likeness (QED) is 0.256. The van der Waals surface area contributed by atoms with Crippen LogP contribution in [-0.4, -0.2) is 5.78 Å². The average Bonchev–Trinajstić information content (AvgIpc) is 2.53. The summed E-state index contributed by atoms with van der Waals surface area (Å²) in [6.07, 6.45) is -8.71. The summed E-state index contributed by atoms with van der Waals surface area (Å²) in [6, 6.07) is 7.89. The molecule has 0 N–H and O–H groups in total. The van der Waals surface area contributed by atoms with Crippen molar-refractivity contribution in [3.63, 3.8) is 0 Å². The molecule has 2 rings (SSSR count). The van der Waals surface area contributed by atoms with Gasteiger partial charge in [0.15, 0.2) is 5.78 Å². The minimum Gasteiger partial charge on any atom is -0.289 e. The van der Waals surface area contributed by atoms with Crippen LogP contribution in [0.4, 0.5) is 26.3 Å². The van der Waals surface area contributed by atoms with Crippen molar-refractivity contribution in [2.24, 2.45) is 0 Å². The number of hydrogen-bond donors (Lipinski definition) is 0. The maximum absolute atomic E-state index is 12.8. The van der Waals surface area contributed by atoms with Crippen molar-refractivity contribution >= 4 is 17.5 Å². The summed E-state index contributed by atoms with van der Waals surface area (Å²) in [4.78, 5) is 11.7. The highest BCUT2D eigenvalue weighted by molar-refractivity contribution is 8.02. The SMILES string of the molecule is Cc1ccc(C(=O)/C=C/Sc2cc(C(F)(F)F)cc(C(F)(F)F)c2)cc1. The van der Waals surface area contributed by atoms with Crippen molar-refractivity contribution in [3.8, 4) is 0 Å². The van der Waals surface area contributed by atoms with Crippen LogP contribution in [-0.2, 0) is 12.4 Å². The first-order valence-corrected chi connectivity index (χ1v) is 8.08. The predicted molar refractivity (Wildman–Crippen MR) is 87.0 cm³/mol. The number of allylic oxidation sites excluding steroid dienone is 1. The summed E-state index contributed by atoms with van der Waals surface area (Å²) in [5, 5.41) is 1.16. The van der Waals surface area contributed by atoms with Crippen LogP contribution in [0.1, 0.15) is 27.0 Å². The van der Waals surface area contributed by atoms with E-state index in [9.17, 15) is 31.1 Å². The standard InChI is InChI=1S/C18H12F6OS/c1-11-2-4-12(5-3-11)16(25)6-7-26-15-9-13(17(19,20)21)8-14(10-15)18(22,23)24/h2-10H,1H3/b7-6+. The van der Waals surface area contributed by atoms with E-state index >= 15 is 0 Å². The van der Waals surface area contributed by atoms with Gasteiger partial charge in [-0.2, -0.15) is 26.3 Å². The molecule has 0 amide bonds. The molecule has 138 valence electrons. The highest BCUT2D eigenvalue weighted by atomic mass is 32.2. The second-order valence-corrected chi connectivity index (χ2v) is 6.37. The van der Waals surface area contributed by atoms with Crippen LogP contribution >= 0.6 is 11.8 Å². The molecule has 2 aromatic carbocycles. The third kappa shape index (κ3) is 5.39. The monoisotopic (exact) mass is 390 g/mol. The summed E-state index contributed by atoms with van der Waals surface area (Å²) in [7, 11) is 0. The number of halogens is 6. The normalized spacial score (nSPS) is 12.6. The van der Waals surface area contributed by atoms with Crippen molar-refractivity contribution in [1.29, 1.82) is 0 Å². The van der Waals surface area contributed by atoms with Crippen LogP contribution in [0.2, 0.25) is 0 Å². The minimum atomic E-state index is -4.90. The first kappa shape index (κ1) is 20.1. The summed E-state index contributed by atoms with van der Waals surface area (Å²) in [6.45, 7) is 1.84. The van der Waals surface area contributed by atoms with E-state index in [0.29, 0.717) is 29.5 Å². The number of hydrogen-bond acceptors (Lipinski definition) is 2. The van der Waals surface area contributed by atoms with Crippen LogP contribution in [0.25, 0.3) is 0 Å². The number of carbonyl (C=O) groups excluding carboxylic acids is 1. The maximum Gasteiger partial charge on any atom is 0.416 e. The molecule has 0 bridgehead atoms. The van der Waals surface area contributed by atoms with Gasteiger partial charge in [0.05, 0.1) is 11.1 Å². The largest absolute Gasteiger partial charge is 0.416 e. The van der Waals surface area contributed by atoms with E-state index in [2.05, 4.69) is 0 Å². The molecule has 0 fully saturated rings. The highest BCUT2D eigenvalue weighted by Crippen LogP contribution is 2.38. The second kappa shape index (κ2) is 7.57. The van der Waals surface area contributed by atoms with Gasteiger partial charge in [-0.1, -0.05) is 41.6 Å². The van der Waals surface area contributed by atoms with Gasteiger partial charge >= 0.3 is 12.4 Å². The van der Waals surface area contributed by atoms with E-state index in [1.165, 1.54) is 0 Å². The van der Waals surface area contributed by atoms with Gasteiger partial charge in [0.2, 0.25) is 0 Å². The number of rotatable bonds is 4. The fraction of sp³-hybridized carbons (Fsp3) is 0.167. The zero-order valence-corrected chi connectivity index (χ0v) is 14.1. The molecule has 8 heteroatoms. The van der Waals surface area contributed by atoms with Crippen molar-refractivity contribution in [2.45, 2.75) is 24.2 Å². The average molecular weight is 390 g/mol. The number of aryl methyl sites for hydroxylation is 1. The second-order valence-electron chi connectivity index (χ2n) is 5.39. The Morgan fingerprint density at radius 3 is 1.85 bits per heavy atom. The van der Waals surface area contributed by atoms with E-state index < -0.39 is 29.3 Å². The molecule has 0 heterocycles. The fourth-order valence-electron chi connectivity index (χ4n) is 1.98. The minimum absolute atomic E-state index is 0.0607. The van der Waals surface area contributed by atoms with Crippen molar-refractivity contribution in [1.82, 2.24) is 0 Å². The smallest absolute Gasteiger partial charge is 0.289 e. The van der Waals surface area contributed by atoms with E-state index in [4.69, 9.17) is 0 Å². The number of thioether (sulfide) groups is 1. The van der Waals surface area contributed by atoms with Gasteiger partial charge in [0.25, 0.3) is 0 Å². The lowest BCUT2D eigenvalue weighted by Gasteiger charge is -2.13. The van der Waals surface area contributed by atoms with Gasteiger partial charge in [-0.25, -0.2) is 0 Å². The Bertz CT molecular complexity index is 787. The van der Waals surface area contributed by atoms with E-state index in [1.54, 1.807) is 24.3 Å². The Balaban J connectivity index is 2.23. The number of ketones is 1. The zero-order chi connectivity index (χ0) is 19.5. The Hall–Kier alpha value is -2.22. The molecule has 0 aliphatic rings. The van der Waals surface area contributed by atoms with E-state index in [1.807, 2.05) is 6.92 Å². The van der Waals surface area contributed by atoms with Crippen LogP contribution in [0.15, 0.2) is 58.8 Å². The predicted octanol–water partition coefficient (Wildman–Crippen LogP) is 6.52.